The second-order valence-corrected chi connectivity index (χ2v) is 1.99. The fraction of sp³-hybridized carbons (Fsp3) is 0.286. The van der Waals surface area contributed by atoms with Crippen molar-refractivity contribution < 1.29 is 9.94 Å². The van der Waals surface area contributed by atoms with E-state index in [-0.39, 0.29) is 11.2 Å². The standard InChI is InChI=1S/C7H9NO3/c1-2-11-7-5-8(10)4-3-6(7)9/h3-5,10H,2H2,1H3. The average Bonchev–Trinajstić information content (AvgIpc) is 1.98. The maximum atomic E-state index is 10.9. The molecular weight excluding hydrogens is 146 g/mol. The van der Waals surface area contributed by atoms with Gasteiger partial charge in [-0.15, -0.1) is 0 Å². The van der Waals surface area contributed by atoms with E-state index >= 15 is 0 Å². The SMILES string of the molecule is CCOc1cn(O)ccc1=O. The van der Waals surface area contributed by atoms with Crippen LogP contribution in [0.25, 0.3) is 0 Å². The zero-order chi connectivity index (χ0) is 8.27. The zero-order valence-electron chi connectivity index (χ0n) is 6.15. The van der Waals surface area contributed by atoms with Gasteiger partial charge in [-0.1, -0.05) is 0 Å². The molecule has 1 aromatic rings. The largest absolute Gasteiger partial charge is 0.488 e. The summed E-state index contributed by atoms with van der Waals surface area (Å²) in [7, 11) is 0. The van der Waals surface area contributed by atoms with Crippen molar-refractivity contribution in [3.05, 3.63) is 28.7 Å². The Morgan fingerprint density at radius 2 is 2.45 bits per heavy atom. The summed E-state index contributed by atoms with van der Waals surface area (Å²) in [5.41, 5.74) is -0.225. The summed E-state index contributed by atoms with van der Waals surface area (Å²) >= 11 is 0. The molecule has 1 N–H and O–H groups in total. The molecule has 1 aromatic heterocycles. The molecule has 0 radical (unpaired) electrons. The molecule has 4 nitrogen and oxygen atoms in total. The highest BCUT2D eigenvalue weighted by Gasteiger charge is 1.97. The van der Waals surface area contributed by atoms with Crippen LogP contribution in [0.5, 0.6) is 5.75 Å². The van der Waals surface area contributed by atoms with Crippen molar-refractivity contribution in [2.24, 2.45) is 0 Å². The third kappa shape index (κ3) is 1.73. The molecule has 0 aliphatic rings. The van der Waals surface area contributed by atoms with E-state index in [1.165, 1.54) is 18.5 Å². The molecule has 1 rings (SSSR count). The van der Waals surface area contributed by atoms with Crippen molar-refractivity contribution >= 4 is 0 Å². The maximum absolute atomic E-state index is 10.9. The van der Waals surface area contributed by atoms with Crippen LogP contribution in [0.4, 0.5) is 0 Å². The predicted octanol–water partition coefficient (Wildman–Crippen LogP) is 0.484. The van der Waals surface area contributed by atoms with Gasteiger partial charge in [0.1, 0.15) is 0 Å². The second kappa shape index (κ2) is 3.09. The first-order valence-corrected chi connectivity index (χ1v) is 3.28. The van der Waals surface area contributed by atoms with Crippen LogP contribution >= 0.6 is 0 Å². The van der Waals surface area contributed by atoms with E-state index in [0.717, 1.165) is 4.73 Å². The van der Waals surface area contributed by atoms with Crippen molar-refractivity contribution in [3.63, 3.8) is 0 Å². The van der Waals surface area contributed by atoms with Crippen LogP contribution in [0.1, 0.15) is 6.92 Å². The summed E-state index contributed by atoms with van der Waals surface area (Å²) in [5.74, 6) is 0.164. The first-order chi connectivity index (χ1) is 5.24. The third-order valence-corrected chi connectivity index (χ3v) is 1.17. The molecule has 0 spiro atoms. The van der Waals surface area contributed by atoms with Crippen LogP contribution < -0.4 is 10.2 Å². The Balaban J connectivity index is 3.03. The van der Waals surface area contributed by atoms with Crippen LogP contribution in [0, 0.1) is 0 Å². The molecule has 0 fully saturated rings. The van der Waals surface area contributed by atoms with E-state index < -0.39 is 0 Å². The number of pyridine rings is 1. The number of nitrogens with zero attached hydrogens (tertiary/aromatic N) is 1. The molecule has 0 atom stereocenters. The molecule has 0 amide bonds. The van der Waals surface area contributed by atoms with Crippen LogP contribution in [-0.4, -0.2) is 16.5 Å². The molecule has 60 valence electrons. The Hall–Kier alpha value is -1.45. The van der Waals surface area contributed by atoms with Crippen molar-refractivity contribution in [1.82, 2.24) is 4.73 Å². The highest BCUT2D eigenvalue weighted by Crippen LogP contribution is 1.99. The van der Waals surface area contributed by atoms with Gasteiger partial charge in [0.15, 0.2) is 5.75 Å². The molecule has 1 heterocycles. The van der Waals surface area contributed by atoms with Crippen molar-refractivity contribution in [2.45, 2.75) is 6.92 Å². The minimum atomic E-state index is -0.225. The Kier molecular flexibility index (Phi) is 2.15. The van der Waals surface area contributed by atoms with Gasteiger partial charge in [-0.3, -0.25) is 4.79 Å². The van der Waals surface area contributed by atoms with Gasteiger partial charge in [-0.2, -0.15) is 4.73 Å². The van der Waals surface area contributed by atoms with Gasteiger partial charge in [-0.25, -0.2) is 0 Å². The van der Waals surface area contributed by atoms with Crippen LogP contribution in [0.2, 0.25) is 0 Å². The Bertz CT molecular complexity index is 292. The van der Waals surface area contributed by atoms with Crippen LogP contribution in [0.3, 0.4) is 0 Å². The summed E-state index contributed by atoms with van der Waals surface area (Å²) in [6, 6.07) is 1.24. The zero-order valence-corrected chi connectivity index (χ0v) is 6.15. The van der Waals surface area contributed by atoms with Crippen LogP contribution in [0.15, 0.2) is 23.3 Å². The van der Waals surface area contributed by atoms with Crippen LogP contribution in [-0.2, 0) is 0 Å². The molecule has 0 saturated heterocycles. The summed E-state index contributed by atoms with van der Waals surface area (Å²) in [6.07, 6.45) is 2.48. The quantitative estimate of drug-likeness (QED) is 0.632. The van der Waals surface area contributed by atoms with Gasteiger partial charge in [0, 0.05) is 12.3 Å². The van der Waals surface area contributed by atoms with Gasteiger partial charge >= 0.3 is 0 Å². The monoisotopic (exact) mass is 155 g/mol. The number of hydrogen-bond donors (Lipinski definition) is 1. The summed E-state index contributed by atoms with van der Waals surface area (Å²) in [4.78, 5) is 10.9. The van der Waals surface area contributed by atoms with E-state index in [1.54, 1.807) is 6.92 Å². The van der Waals surface area contributed by atoms with Crippen molar-refractivity contribution in [1.29, 1.82) is 0 Å². The Morgan fingerprint density at radius 3 is 3.09 bits per heavy atom. The lowest BCUT2D eigenvalue weighted by molar-refractivity contribution is 0.179. The third-order valence-electron chi connectivity index (χ3n) is 1.17. The van der Waals surface area contributed by atoms with Crippen molar-refractivity contribution in [3.8, 4) is 5.75 Å². The molecule has 0 unspecified atom stereocenters. The van der Waals surface area contributed by atoms with Gasteiger partial charge in [0.2, 0.25) is 5.43 Å². The lowest BCUT2D eigenvalue weighted by Crippen LogP contribution is -2.09. The molecule has 4 heteroatoms. The number of rotatable bonds is 2. The lowest BCUT2D eigenvalue weighted by Gasteiger charge is -2.01. The first kappa shape index (κ1) is 7.65. The molecule has 0 saturated carbocycles. The van der Waals surface area contributed by atoms with E-state index in [4.69, 9.17) is 9.94 Å². The minimum absolute atomic E-state index is 0.164. The predicted molar refractivity (Wildman–Crippen MR) is 39.1 cm³/mol. The fourth-order valence-electron chi connectivity index (χ4n) is 0.717. The molecule has 0 bridgehead atoms. The Morgan fingerprint density at radius 1 is 1.73 bits per heavy atom. The van der Waals surface area contributed by atoms with E-state index in [2.05, 4.69) is 0 Å². The normalized spacial score (nSPS) is 9.55. The molecule has 0 aliphatic carbocycles. The molecule has 11 heavy (non-hydrogen) atoms. The van der Waals surface area contributed by atoms with Gasteiger partial charge in [0.05, 0.1) is 12.8 Å². The van der Waals surface area contributed by atoms with Gasteiger partial charge in [0.25, 0.3) is 0 Å². The number of aromatic nitrogens is 1. The summed E-state index contributed by atoms with van der Waals surface area (Å²) < 4.78 is 5.71. The highest BCUT2D eigenvalue weighted by molar-refractivity contribution is 5.16. The summed E-state index contributed by atoms with van der Waals surface area (Å²) in [6.45, 7) is 2.19. The minimum Gasteiger partial charge on any atom is -0.488 e. The second-order valence-electron chi connectivity index (χ2n) is 1.99. The first-order valence-electron chi connectivity index (χ1n) is 3.28. The summed E-state index contributed by atoms with van der Waals surface area (Å²) in [5, 5.41) is 8.86. The molecule has 0 aliphatic heterocycles. The van der Waals surface area contributed by atoms with E-state index in [9.17, 15) is 4.79 Å². The van der Waals surface area contributed by atoms with Gasteiger partial charge in [-0.05, 0) is 6.92 Å². The van der Waals surface area contributed by atoms with E-state index in [0.29, 0.717) is 6.61 Å². The number of hydrogen-bond acceptors (Lipinski definition) is 3. The average molecular weight is 155 g/mol. The smallest absolute Gasteiger partial charge is 0.223 e. The molecular formula is C7H9NO3. The topological polar surface area (TPSA) is 51.5 Å². The number of ether oxygens (including phenoxy) is 1. The maximum Gasteiger partial charge on any atom is 0.223 e. The highest BCUT2D eigenvalue weighted by atomic mass is 16.5. The van der Waals surface area contributed by atoms with E-state index in [1.807, 2.05) is 0 Å². The lowest BCUT2D eigenvalue weighted by atomic mass is 10.4. The molecule has 0 aromatic carbocycles. The fourth-order valence-corrected chi connectivity index (χ4v) is 0.717. The van der Waals surface area contributed by atoms with Crippen molar-refractivity contribution in [2.75, 3.05) is 6.61 Å². The van der Waals surface area contributed by atoms with Gasteiger partial charge < -0.3 is 9.94 Å². The Labute approximate surface area is 63.6 Å².